The minimum Gasteiger partial charge on any atom is -0.355 e. The van der Waals surface area contributed by atoms with Crippen LogP contribution >= 0.6 is 11.3 Å². The molecule has 5 heterocycles. The smallest absolute Gasteiger partial charge is 0.178 e. The average Bonchev–Trinajstić information content (AvgIpc) is 3.43. The van der Waals surface area contributed by atoms with Crippen molar-refractivity contribution in [1.82, 2.24) is 29.7 Å². The van der Waals surface area contributed by atoms with Gasteiger partial charge in [0.25, 0.3) is 0 Å². The summed E-state index contributed by atoms with van der Waals surface area (Å²) in [5.74, 6) is 2.51. The zero-order valence-electron chi connectivity index (χ0n) is 15.7. The van der Waals surface area contributed by atoms with Gasteiger partial charge >= 0.3 is 0 Å². The SMILES string of the molecule is Cc1ncc(CN2CCC(c3nnc4ccc(N5CCCC5)nn34)CC2)s1. The molecule has 142 valence electrons. The molecule has 8 heteroatoms. The summed E-state index contributed by atoms with van der Waals surface area (Å²) in [6.07, 6.45) is 6.74. The van der Waals surface area contributed by atoms with Crippen molar-refractivity contribution in [2.24, 2.45) is 0 Å². The molecule has 0 N–H and O–H groups in total. The summed E-state index contributed by atoms with van der Waals surface area (Å²) in [5, 5.41) is 14.9. The molecule has 2 aliphatic rings. The van der Waals surface area contributed by atoms with Crippen LogP contribution in [0.15, 0.2) is 18.3 Å². The maximum Gasteiger partial charge on any atom is 0.178 e. The van der Waals surface area contributed by atoms with E-state index in [1.165, 1.54) is 17.7 Å². The fourth-order valence-corrected chi connectivity index (χ4v) is 5.05. The van der Waals surface area contributed by atoms with E-state index in [1.807, 2.05) is 10.7 Å². The Labute approximate surface area is 163 Å². The second kappa shape index (κ2) is 7.16. The van der Waals surface area contributed by atoms with Crippen molar-refractivity contribution in [1.29, 1.82) is 0 Å². The summed E-state index contributed by atoms with van der Waals surface area (Å²) in [5.41, 5.74) is 0.857. The topological polar surface area (TPSA) is 62.5 Å². The van der Waals surface area contributed by atoms with Crippen LogP contribution in [-0.2, 0) is 6.54 Å². The molecule has 2 fully saturated rings. The van der Waals surface area contributed by atoms with Gasteiger partial charge in [-0.25, -0.2) is 4.98 Å². The number of hydrogen-bond donors (Lipinski definition) is 0. The van der Waals surface area contributed by atoms with Crippen LogP contribution in [0, 0.1) is 6.92 Å². The largest absolute Gasteiger partial charge is 0.355 e. The Balaban J connectivity index is 1.30. The molecule has 3 aromatic heterocycles. The molecule has 0 saturated carbocycles. The Morgan fingerprint density at radius 3 is 2.63 bits per heavy atom. The van der Waals surface area contributed by atoms with E-state index in [0.29, 0.717) is 5.92 Å². The van der Waals surface area contributed by atoms with Crippen molar-refractivity contribution in [2.45, 2.75) is 45.1 Å². The summed E-state index contributed by atoms with van der Waals surface area (Å²) in [6, 6.07) is 4.14. The first-order valence-corrected chi connectivity index (χ1v) is 10.7. The van der Waals surface area contributed by atoms with Gasteiger partial charge in [-0.1, -0.05) is 0 Å². The molecule has 7 nitrogen and oxygen atoms in total. The average molecular weight is 384 g/mol. The third kappa shape index (κ3) is 3.43. The van der Waals surface area contributed by atoms with Gasteiger partial charge in [0.1, 0.15) is 5.82 Å². The summed E-state index contributed by atoms with van der Waals surface area (Å²) in [4.78, 5) is 10.6. The van der Waals surface area contributed by atoms with E-state index in [0.717, 1.165) is 67.9 Å². The van der Waals surface area contributed by atoms with Crippen LogP contribution < -0.4 is 4.90 Å². The van der Waals surface area contributed by atoms with E-state index in [2.05, 4.69) is 44.0 Å². The van der Waals surface area contributed by atoms with Crippen LogP contribution in [0.1, 0.15) is 47.3 Å². The summed E-state index contributed by atoms with van der Waals surface area (Å²) in [7, 11) is 0. The molecule has 0 unspecified atom stereocenters. The number of aromatic nitrogens is 5. The van der Waals surface area contributed by atoms with E-state index >= 15 is 0 Å². The van der Waals surface area contributed by atoms with Crippen molar-refractivity contribution in [2.75, 3.05) is 31.1 Å². The Hall–Kier alpha value is -2.06. The number of nitrogens with zero attached hydrogens (tertiary/aromatic N) is 7. The minimum atomic E-state index is 0.431. The van der Waals surface area contributed by atoms with Crippen LogP contribution in [0.25, 0.3) is 5.65 Å². The molecule has 5 rings (SSSR count). The van der Waals surface area contributed by atoms with Crippen molar-refractivity contribution in [3.8, 4) is 0 Å². The van der Waals surface area contributed by atoms with Gasteiger partial charge in [0.15, 0.2) is 11.5 Å². The predicted octanol–water partition coefficient (Wildman–Crippen LogP) is 2.87. The highest BCUT2D eigenvalue weighted by atomic mass is 32.1. The second-order valence-electron chi connectivity index (χ2n) is 7.61. The number of likely N-dealkylation sites (tertiary alicyclic amines) is 1. The predicted molar refractivity (Wildman–Crippen MR) is 106 cm³/mol. The highest BCUT2D eigenvalue weighted by Gasteiger charge is 2.26. The van der Waals surface area contributed by atoms with Crippen LogP contribution in [0.3, 0.4) is 0 Å². The normalized spacial score (nSPS) is 19.4. The number of piperidine rings is 1. The molecule has 3 aromatic rings. The molecule has 2 saturated heterocycles. The maximum absolute atomic E-state index is 4.88. The number of hydrogen-bond acceptors (Lipinski definition) is 7. The van der Waals surface area contributed by atoms with Gasteiger partial charge in [-0.15, -0.1) is 26.6 Å². The lowest BCUT2D eigenvalue weighted by atomic mass is 9.96. The number of thiazole rings is 1. The molecular formula is C19H25N7S. The Bertz CT molecular complexity index is 919. The fraction of sp³-hybridized carbons (Fsp3) is 0.579. The molecule has 27 heavy (non-hydrogen) atoms. The fourth-order valence-electron chi connectivity index (χ4n) is 4.21. The van der Waals surface area contributed by atoms with Crippen LogP contribution in [0.2, 0.25) is 0 Å². The van der Waals surface area contributed by atoms with Crippen molar-refractivity contribution in [3.63, 3.8) is 0 Å². The summed E-state index contributed by atoms with van der Waals surface area (Å²) >= 11 is 1.80. The standard InChI is InChI=1S/C19H25N7S/c1-14-20-12-16(27-14)13-24-10-6-15(7-11-24)19-22-21-17-4-5-18(23-26(17)19)25-8-2-3-9-25/h4-5,12,15H,2-3,6-11,13H2,1H3. The van der Waals surface area contributed by atoms with E-state index in [9.17, 15) is 0 Å². The van der Waals surface area contributed by atoms with E-state index < -0.39 is 0 Å². The van der Waals surface area contributed by atoms with Gasteiger partial charge < -0.3 is 4.90 Å². The molecular weight excluding hydrogens is 358 g/mol. The van der Waals surface area contributed by atoms with Gasteiger partial charge in [0.2, 0.25) is 0 Å². The van der Waals surface area contributed by atoms with Gasteiger partial charge in [-0.05, 0) is 57.8 Å². The third-order valence-corrected chi connectivity index (χ3v) is 6.60. The lowest BCUT2D eigenvalue weighted by Crippen LogP contribution is -2.33. The Kier molecular flexibility index (Phi) is 4.53. The van der Waals surface area contributed by atoms with Crippen molar-refractivity contribution >= 4 is 22.8 Å². The van der Waals surface area contributed by atoms with Crippen molar-refractivity contribution in [3.05, 3.63) is 34.0 Å². The molecule has 0 aliphatic carbocycles. The first-order valence-electron chi connectivity index (χ1n) is 9.87. The number of fused-ring (bicyclic) bond motifs is 1. The quantitative estimate of drug-likeness (QED) is 0.690. The first kappa shape index (κ1) is 17.1. The summed E-state index contributed by atoms with van der Waals surface area (Å²) < 4.78 is 1.99. The van der Waals surface area contributed by atoms with Crippen LogP contribution in [0.5, 0.6) is 0 Å². The lowest BCUT2D eigenvalue weighted by Gasteiger charge is -2.30. The van der Waals surface area contributed by atoms with Gasteiger partial charge in [-0.3, -0.25) is 4.90 Å². The summed E-state index contributed by atoms with van der Waals surface area (Å²) in [6.45, 7) is 7.46. The van der Waals surface area contributed by atoms with E-state index in [-0.39, 0.29) is 0 Å². The third-order valence-electron chi connectivity index (χ3n) is 5.70. The van der Waals surface area contributed by atoms with Crippen LogP contribution in [-0.4, -0.2) is 55.9 Å². The van der Waals surface area contributed by atoms with E-state index in [1.54, 1.807) is 11.3 Å². The van der Waals surface area contributed by atoms with Crippen molar-refractivity contribution < 1.29 is 0 Å². The monoisotopic (exact) mass is 383 g/mol. The number of anilines is 1. The number of rotatable bonds is 4. The minimum absolute atomic E-state index is 0.431. The molecule has 0 radical (unpaired) electrons. The Morgan fingerprint density at radius 1 is 1.07 bits per heavy atom. The lowest BCUT2D eigenvalue weighted by molar-refractivity contribution is 0.202. The second-order valence-corrected chi connectivity index (χ2v) is 8.93. The molecule has 0 aromatic carbocycles. The van der Waals surface area contributed by atoms with E-state index in [4.69, 9.17) is 5.10 Å². The Morgan fingerprint density at radius 2 is 1.89 bits per heavy atom. The zero-order valence-corrected chi connectivity index (χ0v) is 16.5. The maximum atomic E-state index is 4.88. The van der Waals surface area contributed by atoms with Gasteiger partial charge in [0.05, 0.1) is 5.01 Å². The van der Waals surface area contributed by atoms with Gasteiger partial charge in [0, 0.05) is 36.6 Å². The first-order chi connectivity index (χ1) is 13.3. The highest BCUT2D eigenvalue weighted by molar-refractivity contribution is 7.11. The highest BCUT2D eigenvalue weighted by Crippen LogP contribution is 2.29. The number of aryl methyl sites for hydroxylation is 1. The molecule has 0 amide bonds. The molecule has 0 atom stereocenters. The molecule has 2 aliphatic heterocycles. The van der Waals surface area contributed by atoms with Gasteiger partial charge in [-0.2, -0.15) is 4.52 Å². The van der Waals surface area contributed by atoms with Crippen LogP contribution in [0.4, 0.5) is 5.82 Å². The zero-order chi connectivity index (χ0) is 18.2. The molecule has 0 bridgehead atoms. The molecule has 0 spiro atoms.